The molecule has 0 bridgehead atoms. The average molecular weight is 334 g/mol. The number of ether oxygens (including phenoxy) is 1. The van der Waals surface area contributed by atoms with E-state index in [0.29, 0.717) is 6.54 Å². The first-order valence-corrected chi connectivity index (χ1v) is 8.25. The Bertz CT molecular complexity index is 572. The van der Waals surface area contributed by atoms with Gasteiger partial charge in [0.15, 0.2) is 5.96 Å². The Morgan fingerprint density at radius 3 is 2.62 bits per heavy atom. The van der Waals surface area contributed by atoms with Crippen molar-refractivity contribution in [2.75, 3.05) is 13.2 Å². The number of nitrogens with one attached hydrogen (secondary N) is 2. The summed E-state index contributed by atoms with van der Waals surface area (Å²) in [4.78, 5) is 14.9. The molecular weight excluding hydrogens is 308 g/mol. The number of aliphatic imine (C=N–C) groups is 1. The van der Waals surface area contributed by atoms with E-state index in [0.717, 1.165) is 37.5 Å². The lowest BCUT2D eigenvalue weighted by Crippen LogP contribution is -2.49. The minimum Gasteiger partial charge on any atom is -0.376 e. The van der Waals surface area contributed by atoms with Gasteiger partial charge in [0.2, 0.25) is 0 Å². The molecule has 2 N–H and O–H groups in total. The minimum absolute atomic E-state index is 0.0901. The maximum absolute atomic E-state index is 10.7. The standard InChI is InChI=1S/C17H26N4O3/c1-17(2,3)20-16(19-12-15-5-4-10-24-15)18-11-13-6-8-14(9-7-13)21(22)23/h6-9,15H,4-5,10-12H2,1-3H3,(H2,18,19,20). The summed E-state index contributed by atoms with van der Waals surface area (Å²) >= 11 is 0. The number of nitro benzene ring substituents is 1. The Balaban J connectivity index is 1.98. The van der Waals surface area contributed by atoms with Crippen LogP contribution in [0.5, 0.6) is 0 Å². The fourth-order valence-corrected chi connectivity index (χ4v) is 2.40. The second kappa shape index (κ2) is 8.10. The Kier molecular flexibility index (Phi) is 6.14. The van der Waals surface area contributed by atoms with Crippen LogP contribution in [0.4, 0.5) is 5.69 Å². The normalized spacial score (nSPS) is 18.5. The van der Waals surface area contributed by atoms with Crippen LogP contribution in [-0.4, -0.2) is 35.7 Å². The summed E-state index contributed by atoms with van der Waals surface area (Å²) in [5.41, 5.74) is 0.901. The molecule has 24 heavy (non-hydrogen) atoms. The molecule has 1 aliphatic heterocycles. The Hall–Kier alpha value is -2.15. The SMILES string of the molecule is CC(C)(C)NC(=NCc1ccc([N+](=O)[O-])cc1)NCC1CCCO1. The van der Waals surface area contributed by atoms with Crippen LogP contribution in [0.2, 0.25) is 0 Å². The Labute approximate surface area is 142 Å². The molecule has 0 saturated carbocycles. The van der Waals surface area contributed by atoms with E-state index in [9.17, 15) is 10.1 Å². The molecule has 132 valence electrons. The van der Waals surface area contributed by atoms with E-state index in [1.807, 2.05) is 0 Å². The van der Waals surface area contributed by atoms with Gasteiger partial charge >= 0.3 is 0 Å². The van der Waals surface area contributed by atoms with Gasteiger partial charge in [0.1, 0.15) is 0 Å². The molecule has 1 unspecified atom stereocenters. The van der Waals surface area contributed by atoms with E-state index in [4.69, 9.17) is 4.74 Å². The van der Waals surface area contributed by atoms with Crippen LogP contribution < -0.4 is 10.6 Å². The Morgan fingerprint density at radius 2 is 2.08 bits per heavy atom. The highest BCUT2D eigenvalue weighted by molar-refractivity contribution is 5.80. The molecule has 1 aromatic rings. The first-order chi connectivity index (χ1) is 11.3. The summed E-state index contributed by atoms with van der Waals surface area (Å²) in [6.07, 6.45) is 2.41. The lowest BCUT2D eigenvalue weighted by Gasteiger charge is -2.25. The maximum Gasteiger partial charge on any atom is 0.269 e. The van der Waals surface area contributed by atoms with Crippen molar-refractivity contribution in [1.29, 1.82) is 0 Å². The van der Waals surface area contributed by atoms with Gasteiger partial charge in [-0.2, -0.15) is 0 Å². The molecule has 0 radical (unpaired) electrons. The first kappa shape index (κ1) is 18.2. The highest BCUT2D eigenvalue weighted by atomic mass is 16.6. The van der Waals surface area contributed by atoms with Crippen LogP contribution in [0.3, 0.4) is 0 Å². The van der Waals surface area contributed by atoms with Crippen LogP contribution in [0.1, 0.15) is 39.2 Å². The molecule has 1 aromatic carbocycles. The van der Waals surface area contributed by atoms with E-state index in [1.165, 1.54) is 12.1 Å². The van der Waals surface area contributed by atoms with E-state index >= 15 is 0 Å². The van der Waals surface area contributed by atoms with Gasteiger partial charge in [-0.15, -0.1) is 0 Å². The van der Waals surface area contributed by atoms with Crippen molar-refractivity contribution in [2.24, 2.45) is 4.99 Å². The molecule has 0 spiro atoms. The summed E-state index contributed by atoms with van der Waals surface area (Å²) in [5, 5.41) is 17.4. The second-order valence-electron chi connectivity index (χ2n) is 6.98. The summed E-state index contributed by atoms with van der Waals surface area (Å²) in [5.74, 6) is 0.719. The summed E-state index contributed by atoms with van der Waals surface area (Å²) in [6.45, 7) is 8.22. The zero-order chi connectivity index (χ0) is 17.6. The van der Waals surface area contributed by atoms with Gasteiger partial charge in [-0.1, -0.05) is 12.1 Å². The van der Waals surface area contributed by atoms with Gasteiger partial charge in [-0.3, -0.25) is 10.1 Å². The molecule has 1 atom stereocenters. The molecule has 2 rings (SSSR count). The molecule has 0 aromatic heterocycles. The van der Waals surface area contributed by atoms with E-state index in [2.05, 4.69) is 36.4 Å². The molecule has 1 fully saturated rings. The van der Waals surface area contributed by atoms with Gasteiger partial charge in [0.05, 0.1) is 17.6 Å². The topological polar surface area (TPSA) is 88.8 Å². The van der Waals surface area contributed by atoms with E-state index in [1.54, 1.807) is 12.1 Å². The maximum atomic E-state index is 10.7. The largest absolute Gasteiger partial charge is 0.376 e. The average Bonchev–Trinajstić information content (AvgIpc) is 3.02. The zero-order valence-corrected chi connectivity index (χ0v) is 14.5. The summed E-state index contributed by atoms with van der Waals surface area (Å²) < 4.78 is 5.62. The number of non-ortho nitro benzene ring substituents is 1. The molecule has 1 saturated heterocycles. The van der Waals surface area contributed by atoms with Crippen LogP contribution in [-0.2, 0) is 11.3 Å². The lowest BCUT2D eigenvalue weighted by atomic mass is 10.1. The van der Waals surface area contributed by atoms with Gasteiger partial charge < -0.3 is 15.4 Å². The number of rotatable bonds is 5. The van der Waals surface area contributed by atoms with Crippen molar-refractivity contribution < 1.29 is 9.66 Å². The van der Waals surface area contributed by atoms with Gasteiger partial charge in [-0.05, 0) is 39.2 Å². The van der Waals surface area contributed by atoms with Gasteiger partial charge in [-0.25, -0.2) is 4.99 Å². The van der Waals surface area contributed by atoms with Crippen molar-refractivity contribution >= 4 is 11.6 Å². The number of benzene rings is 1. The third-order valence-corrected chi connectivity index (χ3v) is 3.58. The molecule has 7 nitrogen and oxygen atoms in total. The summed E-state index contributed by atoms with van der Waals surface area (Å²) in [7, 11) is 0. The monoisotopic (exact) mass is 334 g/mol. The number of hydrogen-bond donors (Lipinski definition) is 2. The smallest absolute Gasteiger partial charge is 0.269 e. The Morgan fingerprint density at radius 1 is 1.38 bits per heavy atom. The van der Waals surface area contributed by atoms with Crippen LogP contribution >= 0.6 is 0 Å². The quantitative estimate of drug-likeness (QED) is 0.374. The summed E-state index contributed by atoms with van der Waals surface area (Å²) in [6, 6.07) is 6.47. The van der Waals surface area contributed by atoms with Crippen molar-refractivity contribution in [2.45, 2.75) is 51.8 Å². The third-order valence-electron chi connectivity index (χ3n) is 3.58. The van der Waals surface area contributed by atoms with Crippen molar-refractivity contribution in [3.63, 3.8) is 0 Å². The van der Waals surface area contributed by atoms with Crippen molar-refractivity contribution in [3.8, 4) is 0 Å². The van der Waals surface area contributed by atoms with E-state index < -0.39 is 4.92 Å². The second-order valence-corrected chi connectivity index (χ2v) is 6.98. The van der Waals surface area contributed by atoms with Gasteiger partial charge in [0.25, 0.3) is 5.69 Å². The molecule has 1 heterocycles. The van der Waals surface area contributed by atoms with Crippen molar-refractivity contribution in [1.82, 2.24) is 10.6 Å². The molecule has 0 aliphatic carbocycles. The highest BCUT2D eigenvalue weighted by Crippen LogP contribution is 2.13. The first-order valence-electron chi connectivity index (χ1n) is 8.25. The highest BCUT2D eigenvalue weighted by Gasteiger charge is 2.17. The molecular formula is C17H26N4O3. The predicted molar refractivity (Wildman–Crippen MR) is 94.1 cm³/mol. The van der Waals surface area contributed by atoms with Crippen molar-refractivity contribution in [3.05, 3.63) is 39.9 Å². The zero-order valence-electron chi connectivity index (χ0n) is 14.5. The fourth-order valence-electron chi connectivity index (χ4n) is 2.40. The fraction of sp³-hybridized carbons (Fsp3) is 0.588. The molecule has 7 heteroatoms. The molecule has 0 amide bonds. The number of nitrogens with zero attached hydrogens (tertiary/aromatic N) is 2. The third kappa shape index (κ3) is 6.16. The predicted octanol–water partition coefficient (Wildman–Crippen LogP) is 2.61. The van der Waals surface area contributed by atoms with Crippen LogP contribution in [0, 0.1) is 10.1 Å². The van der Waals surface area contributed by atoms with Crippen LogP contribution in [0.15, 0.2) is 29.3 Å². The number of nitro groups is 1. The lowest BCUT2D eigenvalue weighted by molar-refractivity contribution is -0.384. The van der Waals surface area contributed by atoms with Gasteiger partial charge in [0, 0.05) is 30.8 Å². The number of hydrogen-bond acceptors (Lipinski definition) is 4. The van der Waals surface area contributed by atoms with E-state index in [-0.39, 0.29) is 17.3 Å². The minimum atomic E-state index is -0.400. The number of guanidine groups is 1. The molecule has 1 aliphatic rings. The van der Waals surface area contributed by atoms with Crippen LogP contribution in [0.25, 0.3) is 0 Å².